The zero-order chi connectivity index (χ0) is 19.2. The summed E-state index contributed by atoms with van der Waals surface area (Å²) in [6.45, 7) is 3.47. The third kappa shape index (κ3) is 4.26. The lowest BCUT2D eigenvalue weighted by Gasteiger charge is -2.15. The van der Waals surface area contributed by atoms with E-state index in [1.165, 1.54) is 5.56 Å². The predicted molar refractivity (Wildman–Crippen MR) is 115 cm³/mol. The Kier molecular flexibility index (Phi) is 6.04. The van der Waals surface area contributed by atoms with Crippen LogP contribution in [0, 0.1) is 0 Å². The number of nitrogen functional groups attached to an aromatic ring is 2. The Morgan fingerprint density at radius 3 is 2.41 bits per heavy atom. The number of aromatic nitrogens is 1. The first-order valence-electron chi connectivity index (χ1n) is 9.39. The average molecular weight is 361 g/mol. The first-order valence-corrected chi connectivity index (χ1v) is 9.39. The molecule has 0 aliphatic carbocycles. The van der Waals surface area contributed by atoms with Crippen molar-refractivity contribution in [2.75, 3.05) is 18.0 Å². The molecule has 140 valence electrons. The second-order valence-electron chi connectivity index (χ2n) is 6.68. The number of rotatable bonds is 7. The van der Waals surface area contributed by atoms with Crippen LogP contribution in [0.1, 0.15) is 36.5 Å². The highest BCUT2D eigenvalue weighted by Gasteiger charge is 2.16. The van der Waals surface area contributed by atoms with E-state index in [0.717, 1.165) is 47.1 Å². The van der Waals surface area contributed by atoms with Crippen molar-refractivity contribution >= 4 is 28.1 Å². The maximum Gasteiger partial charge on any atom is 0.148 e. The number of fused-ring (bicyclic) bond motifs is 1. The van der Waals surface area contributed by atoms with Gasteiger partial charge < -0.3 is 17.2 Å². The van der Waals surface area contributed by atoms with Crippen LogP contribution in [0.15, 0.2) is 53.5 Å². The van der Waals surface area contributed by atoms with Crippen LogP contribution in [0.4, 0.5) is 11.5 Å². The molecule has 0 fully saturated rings. The van der Waals surface area contributed by atoms with Gasteiger partial charge in [0.2, 0.25) is 0 Å². The van der Waals surface area contributed by atoms with Crippen molar-refractivity contribution in [3.05, 3.63) is 65.2 Å². The molecule has 3 rings (SSSR count). The molecule has 0 radical (unpaired) electrons. The first kappa shape index (κ1) is 18.9. The SMILES string of the molecule is CCCCN=C(Cc1ccc(CN)cc1)c1c(N)c(N)nc2ccccc12. The van der Waals surface area contributed by atoms with Crippen molar-refractivity contribution in [2.45, 2.75) is 32.7 Å². The lowest BCUT2D eigenvalue weighted by atomic mass is 9.96. The highest BCUT2D eigenvalue weighted by atomic mass is 14.9. The lowest BCUT2D eigenvalue weighted by Crippen LogP contribution is -2.13. The van der Waals surface area contributed by atoms with Gasteiger partial charge in [0.05, 0.1) is 11.2 Å². The van der Waals surface area contributed by atoms with Gasteiger partial charge in [-0.25, -0.2) is 4.98 Å². The highest BCUT2D eigenvalue weighted by molar-refractivity contribution is 6.16. The van der Waals surface area contributed by atoms with E-state index in [9.17, 15) is 0 Å². The third-order valence-corrected chi connectivity index (χ3v) is 4.69. The fourth-order valence-corrected chi connectivity index (χ4v) is 3.14. The number of pyridine rings is 1. The molecule has 5 nitrogen and oxygen atoms in total. The Hall–Kier alpha value is -2.92. The number of unbranched alkanes of at least 4 members (excludes halogenated alkanes) is 1. The molecule has 0 bridgehead atoms. The molecule has 1 heterocycles. The molecular formula is C22H27N5. The van der Waals surface area contributed by atoms with Gasteiger partial charge >= 0.3 is 0 Å². The summed E-state index contributed by atoms with van der Waals surface area (Å²) >= 11 is 0. The maximum absolute atomic E-state index is 6.37. The number of hydrogen-bond acceptors (Lipinski definition) is 5. The zero-order valence-corrected chi connectivity index (χ0v) is 15.8. The van der Waals surface area contributed by atoms with Gasteiger partial charge in [-0.3, -0.25) is 4.99 Å². The fourth-order valence-electron chi connectivity index (χ4n) is 3.14. The summed E-state index contributed by atoms with van der Waals surface area (Å²) in [6, 6.07) is 16.2. The molecule has 1 aromatic heterocycles. The number of nitrogens with two attached hydrogens (primary N) is 3. The number of anilines is 2. The van der Waals surface area contributed by atoms with E-state index >= 15 is 0 Å². The summed E-state index contributed by atoms with van der Waals surface area (Å²) in [6.07, 6.45) is 2.82. The van der Waals surface area contributed by atoms with E-state index in [2.05, 4.69) is 36.2 Å². The van der Waals surface area contributed by atoms with Gasteiger partial charge in [-0.1, -0.05) is 55.8 Å². The average Bonchev–Trinajstić information content (AvgIpc) is 2.69. The lowest BCUT2D eigenvalue weighted by molar-refractivity contribution is 0.807. The van der Waals surface area contributed by atoms with Crippen molar-refractivity contribution in [2.24, 2.45) is 10.7 Å². The highest BCUT2D eigenvalue weighted by Crippen LogP contribution is 2.29. The number of para-hydroxylation sites is 1. The standard InChI is InChI=1S/C22H27N5/c1-2-3-12-26-19(13-15-8-10-16(14-23)11-9-15)20-17-6-4-5-7-18(17)27-22(25)21(20)24/h4-11H,2-3,12-14,23-24H2,1H3,(H2,25,27). The summed E-state index contributed by atoms with van der Waals surface area (Å²) in [5, 5.41) is 0.984. The van der Waals surface area contributed by atoms with Crippen LogP contribution in [-0.2, 0) is 13.0 Å². The van der Waals surface area contributed by atoms with Crippen molar-refractivity contribution in [1.82, 2.24) is 4.98 Å². The molecule has 5 heteroatoms. The largest absolute Gasteiger partial charge is 0.395 e. The molecule has 0 spiro atoms. The molecule has 0 unspecified atom stereocenters. The summed E-state index contributed by atoms with van der Waals surface area (Å²) in [4.78, 5) is 9.33. The molecule has 0 atom stereocenters. The monoisotopic (exact) mass is 361 g/mol. The minimum atomic E-state index is 0.352. The van der Waals surface area contributed by atoms with Crippen molar-refractivity contribution in [3.63, 3.8) is 0 Å². The van der Waals surface area contributed by atoms with Crippen LogP contribution in [0.3, 0.4) is 0 Å². The topological polar surface area (TPSA) is 103 Å². The summed E-state index contributed by atoms with van der Waals surface area (Å²) in [5.74, 6) is 0.352. The quantitative estimate of drug-likeness (QED) is 0.441. The Labute approximate surface area is 160 Å². The number of nitrogens with zero attached hydrogens (tertiary/aromatic N) is 2. The molecule has 0 aliphatic heterocycles. The smallest absolute Gasteiger partial charge is 0.148 e. The van der Waals surface area contributed by atoms with Crippen LogP contribution in [-0.4, -0.2) is 17.2 Å². The van der Waals surface area contributed by atoms with Gasteiger partial charge in [-0.2, -0.15) is 0 Å². The Morgan fingerprint density at radius 2 is 1.70 bits per heavy atom. The molecule has 0 saturated heterocycles. The fraction of sp³-hybridized carbons (Fsp3) is 0.273. The summed E-state index contributed by atoms with van der Waals surface area (Å²) in [7, 11) is 0. The Morgan fingerprint density at radius 1 is 1.00 bits per heavy atom. The minimum Gasteiger partial charge on any atom is -0.395 e. The Balaban J connectivity index is 2.09. The molecule has 27 heavy (non-hydrogen) atoms. The van der Waals surface area contributed by atoms with Crippen molar-refractivity contribution in [3.8, 4) is 0 Å². The summed E-state index contributed by atoms with van der Waals surface area (Å²) < 4.78 is 0. The third-order valence-electron chi connectivity index (χ3n) is 4.69. The van der Waals surface area contributed by atoms with Gasteiger partial charge in [-0.15, -0.1) is 0 Å². The van der Waals surface area contributed by atoms with E-state index in [4.69, 9.17) is 22.2 Å². The van der Waals surface area contributed by atoms with Crippen molar-refractivity contribution < 1.29 is 0 Å². The predicted octanol–water partition coefficient (Wildman–Crippen LogP) is 3.69. The molecule has 2 aromatic carbocycles. The normalized spacial score (nSPS) is 11.9. The van der Waals surface area contributed by atoms with Gasteiger partial charge in [0.15, 0.2) is 0 Å². The van der Waals surface area contributed by atoms with Gasteiger partial charge in [-0.05, 0) is 23.6 Å². The minimum absolute atomic E-state index is 0.352. The maximum atomic E-state index is 6.37. The second-order valence-corrected chi connectivity index (χ2v) is 6.68. The molecule has 6 N–H and O–H groups in total. The van der Waals surface area contributed by atoms with Crippen LogP contribution in [0.5, 0.6) is 0 Å². The molecule has 0 aliphatic rings. The number of hydrogen-bond donors (Lipinski definition) is 3. The van der Waals surface area contributed by atoms with Gasteiger partial charge in [0.25, 0.3) is 0 Å². The van der Waals surface area contributed by atoms with E-state index in [1.54, 1.807) is 0 Å². The second kappa shape index (κ2) is 8.64. The van der Waals surface area contributed by atoms with Crippen LogP contribution in [0.25, 0.3) is 10.9 Å². The van der Waals surface area contributed by atoms with E-state index in [1.807, 2.05) is 24.3 Å². The van der Waals surface area contributed by atoms with E-state index in [0.29, 0.717) is 24.5 Å². The molecule has 0 amide bonds. The van der Waals surface area contributed by atoms with Crippen LogP contribution in [0.2, 0.25) is 0 Å². The zero-order valence-electron chi connectivity index (χ0n) is 15.8. The van der Waals surface area contributed by atoms with Crippen molar-refractivity contribution in [1.29, 1.82) is 0 Å². The van der Waals surface area contributed by atoms with Gasteiger partial charge in [0.1, 0.15) is 5.82 Å². The van der Waals surface area contributed by atoms with E-state index in [-0.39, 0.29) is 0 Å². The summed E-state index contributed by atoms with van der Waals surface area (Å²) in [5.41, 5.74) is 23.7. The first-order chi connectivity index (χ1) is 13.1. The molecule has 3 aromatic rings. The van der Waals surface area contributed by atoms with E-state index < -0.39 is 0 Å². The Bertz CT molecular complexity index is 945. The van der Waals surface area contributed by atoms with Crippen LogP contribution < -0.4 is 17.2 Å². The molecule has 0 saturated carbocycles. The van der Waals surface area contributed by atoms with Gasteiger partial charge in [0, 0.05) is 36.2 Å². The number of aliphatic imine (C=N–C) groups is 1. The number of benzene rings is 2. The van der Waals surface area contributed by atoms with Crippen LogP contribution >= 0.6 is 0 Å². The molecular weight excluding hydrogens is 334 g/mol.